The minimum Gasteiger partial charge on any atom is -0.313 e. The molecule has 2 fully saturated rings. The quantitative estimate of drug-likeness (QED) is 0.670. The maximum Gasteiger partial charge on any atom is 0.00924 e. The SMILES string of the molecule is CCCC(C)(CNC1CC1)CN(C)C1CCCCCC1. The van der Waals surface area contributed by atoms with Gasteiger partial charge in [0.1, 0.15) is 0 Å². The minimum atomic E-state index is 0.457. The summed E-state index contributed by atoms with van der Waals surface area (Å²) in [7, 11) is 2.38. The lowest BCUT2D eigenvalue weighted by Crippen LogP contribution is -2.45. The molecule has 2 nitrogen and oxygen atoms in total. The number of nitrogens with one attached hydrogen (secondary N) is 1. The predicted octanol–water partition coefficient (Wildman–Crippen LogP) is 4.20. The third-order valence-electron chi connectivity index (χ3n) is 5.33. The second-order valence-electron chi connectivity index (χ2n) is 7.78. The first-order valence-electron chi connectivity index (χ1n) is 9.06. The molecule has 0 aromatic heterocycles. The van der Waals surface area contributed by atoms with Gasteiger partial charge in [-0.05, 0) is 44.6 Å². The molecule has 2 saturated carbocycles. The molecule has 1 atom stereocenters. The molecule has 0 radical (unpaired) electrons. The molecule has 0 aromatic carbocycles. The summed E-state index contributed by atoms with van der Waals surface area (Å²) in [6, 6.07) is 1.68. The van der Waals surface area contributed by atoms with E-state index in [-0.39, 0.29) is 0 Å². The predicted molar refractivity (Wildman–Crippen MR) is 88.2 cm³/mol. The van der Waals surface area contributed by atoms with Crippen molar-refractivity contribution in [1.82, 2.24) is 10.2 Å². The largest absolute Gasteiger partial charge is 0.313 e. The molecule has 2 rings (SSSR count). The topological polar surface area (TPSA) is 15.3 Å². The smallest absolute Gasteiger partial charge is 0.00924 e. The summed E-state index contributed by atoms with van der Waals surface area (Å²) >= 11 is 0. The van der Waals surface area contributed by atoms with Gasteiger partial charge in [-0.15, -0.1) is 0 Å². The Bertz CT molecular complexity index is 267. The molecule has 0 aliphatic heterocycles. The molecule has 0 bridgehead atoms. The molecule has 0 amide bonds. The van der Waals surface area contributed by atoms with E-state index in [2.05, 4.69) is 31.1 Å². The first-order valence-corrected chi connectivity index (χ1v) is 9.06. The van der Waals surface area contributed by atoms with Crippen LogP contribution >= 0.6 is 0 Å². The highest BCUT2D eigenvalue weighted by molar-refractivity contribution is 4.88. The van der Waals surface area contributed by atoms with E-state index in [0.29, 0.717) is 5.41 Å². The van der Waals surface area contributed by atoms with Crippen molar-refractivity contribution in [3.8, 4) is 0 Å². The Kier molecular flexibility index (Phi) is 6.35. The molecule has 0 heterocycles. The molecule has 0 spiro atoms. The van der Waals surface area contributed by atoms with Crippen LogP contribution in [0.2, 0.25) is 0 Å². The van der Waals surface area contributed by atoms with Crippen molar-refractivity contribution in [3.63, 3.8) is 0 Å². The third-order valence-corrected chi connectivity index (χ3v) is 5.33. The zero-order chi connectivity index (χ0) is 14.4. The van der Waals surface area contributed by atoms with Crippen LogP contribution in [0.1, 0.15) is 78.1 Å². The lowest BCUT2D eigenvalue weighted by Gasteiger charge is -2.38. The van der Waals surface area contributed by atoms with Gasteiger partial charge in [0.15, 0.2) is 0 Å². The third kappa shape index (κ3) is 5.37. The fourth-order valence-electron chi connectivity index (χ4n) is 3.93. The second-order valence-corrected chi connectivity index (χ2v) is 7.78. The van der Waals surface area contributed by atoms with Crippen LogP contribution in [0.3, 0.4) is 0 Å². The van der Waals surface area contributed by atoms with Crippen molar-refractivity contribution >= 4 is 0 Å². The average molecular weight is 280 g/mol. The van der Waals surface area contributed by atoms with Gasteiger partial charge in [-0.3, -0.25) is 0 Å². The molecular formula is C18H36N2. The molecule has 2 aliphatic carbocycles. The molecule has 20 heavy (non-hydrogen) atoms. The van der Waals surface area contributed by atoms with Crippen LogP contribution in [-0.4, -0.2) is 37.1 Å². The molecule has 2 heteroatoms. The zero-order valence-electron chi connectivity index (χ0n) is 14.1. The second kappa shape index (κ2) is 7.79. The van der Waals surface area contributed by atoms with E-state index in [9.17, 15) is 0 Å². The highest BCUT2D eigenvalue weighted by atomic mass is 15.1. The molecule has 1 unspecified atom stereocenters. The van der Waals surface area contributed by atoms with E-state index in [1.54, 1.807) is 0 Å². The van der Waals surface area contributed by atoms with E-state index in [0.717, 1.165) is 12.1 Å². The Hall–Kier alpha value is -0.0800. The summed E-state index contributed by atoms with van der Waals surface area (Å²) in [6.45, 7) is 7.31. The van der Waals surface area contributed by atoms with E-state index in [1.807, 2.05) is 0 Å². The van der Waals surface area contributed by atoms with Crippen molar-refractivity contribution in [3.05, 3.63) is 0 Å². The standard InChI is InChI=1S/C18H36N2/c1-4-13-18(2,14-19-16-11-12-16)15-20(3)17-9-7-5-6-8-10-17/h16-17,19H,4-15H2,1-3H3. The maximum atomic E-state index is 3.78. The Labute approximate surface area is 126 Å². The fourth-order valence-corrected chi connectivity index (χ4v) is 3.93. The Morgan fingerprint density at radius 3 is 2.25 bits per heavy atom. The highest BCUT2D eigenvalue weighted by Crippen LogP contribution is 2.29. The van der Waals surface area contributed by atoms with Crippen LogP contribution in [0.4, 0.5) is 0 Å². The van der Waals surface area contributed by atoms with Crippen LogP contribution in [-0.2, 0) is 0 Å². The molecule has 0 aromatic rings. The van der Waals surface area contributed by atoms with Gasteiger partial charge in [0.2, 0.25) is 0 Å². The van der Waals surface area contributed by atoms with E-state index < -0.39 is 0 Å². The first-order chi connectivity index (χ1) is 9.63. The van der Waals surface area contributed by atoms with Crippen LogP contribution in [0.15, 0.2) is 0 Å². The molecule has 0 saturated heterocycles. The van der Waals surface area contributed by atoms with Crippen LogP contribution in [0.5, 0.6) is 0 Å². The number of nitrogens with zero attached hydrogens (tertiary/aromatic N) is 1. The van der Waals surface area contributed by atoms with E-state index in [1.165, 1.54) is 77.3 Å². The lowest BCUT2D eigenvalue weighted by atomic mass is 9.84. The van der Waals surface area contributed by atoms with Crippen molar-refractivity contribution in [2.24, 2.45) is 5.41 Å². The number of hydrogen-bond donors (Lipinski definition) is 1. The van der Waals surface area contributed by atoms with Gasteiger partial charge in [-0.1, -0.05) is 46.0 Å². The summed E-state index contributed by atoms with van der Waals surface area (Å²) in [4.78, 5) is 2.69. The van der Waals surface area contributed by atoms with Gasteiger partial charge < -0.3 is 10.2 Å². The Balaban J connectivity index is 1.83. The van der Waals surface area contributed by atoms with Crippen molar-refractivity contribution in [1.29, 1.82) is 0 Å². The number of rotatable bonds is 8. The maximum absolute atomic E-state index is 3.78. The van der Waals surface area contributed by atoms with Gasteiger partial charge in [-0.25, -0.2) is 0 Å². The van der Waals surface area contributed by atoms with Gasteiger partial charge >= 0.3 is 0 Å². The summed E-state index contributed by atoms with van der Waals surface area (Å²) in [5.41, 5.74) is 0.457. The molecule has 118 valence electrons. The van der Waals surface area contributed by atoms with Crippen molar-refractivity contribution in [2.75, 3.05) is 20.1 Å². The lowest BCUT2D eigenvalue weighted by molar-refractivity contribution is 0.126. The summed E-state index contributed by atoms with van der Waals surface area (Å²) in [5.74, 6) is 0. The van der Waals surface area contributed by atoms with Crippen LogP contribution in [0.25, 0.3) is 0 Å². The zero-order valence-corrected chi connectivity index (χ0v) is 14.1. The molecule has 2 aliphatic rings. The van der Waals surface area contributed by atoms with Gasteiger partial charge in [0.05, 0.1) is 0 Å². The summed E-state index contributed by atoms with van der Waals surface area (Å²) in [6.07, 6.45) is 14.1. The van der Waals surface area contributed by atoms with Crippen LogP contribution in [0, 0.1) is 5.41 Å². The van der Waals surface area contributed by atoms with Crippen LogP contribution < -0.4 is 5.32 Å². The van der Waals surface area contributed by atoms with E-state index in [4.69, 9.17) is 0 Å². The Morgan fingerprint density at radius 2 is 1.70 bits per heavy atom. The summed E-state index contributed by atoms with van der Waals surface area (Å²) in [5, 5.41) is 3.78. The van der Waals surface area contributed by atoms with E-state index >= 15 is 0 Å². The fraction of sp³-hybridized carbons (Fsp3) is 1.00. The van der Waals surface area contributed by atoms with Crippen molar-refractivity contribution < 1.29 is 0 Å². The molecule has 1 N–H and O–H groups in total. The highest BCUT2D eigenvalue weighted by Gasteiger charge is 2.30. The van der Waals surface area contributed by atoms with Gasteiger partial charge in [-0.2, -0.15) is 0 Å². The van der Waals surface area contributed by atoms with Crippen molar-refractivity contribution in [2.45, 2.75) is 90.1 Å². The normalized spacial score (nSPS) is 24.6. The minimum absolute atomic E-state index is 0.457. The Morgan fingerprint density at radius 1 is 1.05 bits per heavy atom. The van der Waals surface area contributed by atoms with Gasteiger partial charge in [0.25, 0.3) is 0 Å². The average Bonchev–Trinajstić information content (AvgIpc) is 3.24. The molecular weight excluding hydrogens is 244 g/mol. The first kappa shape index (κ1) is 16.3. The summed E-state index contributed by atoms with van der Waals surface area (Å²) < 4.78 is 0. The van der Waals surface area contributed by atoms with Gasteiger partial charge in [0, 0.05) is 25.2 Å². The monoisotopic (exact) mass is 280 g/mol. The number of hydrogen-bond acceptors (Lipinski definition) is 2.